The Bertz CT molecular complexity index is 2220. The third-order valence-electron chi connectivity index (χ3n) is 7.66. The minimum absolute atomic E-state index is 0.919. The zero-order valence-corrected chi connectivity index (χ0v) is 22.1. The molecule has 0 unspecified atom stereocenters. The van der Waals surface area contributed by atoms with E-state index in [0.717, 1.165) is 43.1 Å². The normalized spacial score (nSPS) is 12.1. The molecule has 0 bridgehead atoms. The van der Waals surface area contributed by atoms with Gasteiger partial charge in [0.05, 0.1) is 0 Å². The molecule has 0 aliphatic carbocycles. The Balaban J connectivity index is 1.25. The molecular weight excluding hydrogens is 517 g/mol. The van der Waals surface area contributed by atoms with Crippen LogP contribution in [0.25, 0.3) is 86.2 Å². The number of benzene rings is 6. The lowest BCUT2D eigenvalue weighted by molar-refractivity contribution is 0.670. The van der Waals surface area contributed by atoms with Gasteiger partial charge in [0.15, 0.2) is 0 Å². The van der Waals surface area contributed by atoms with Crippen molar-refractivity contribution in [2.45, 2.75) is 0 Å². The largest absolute Gasteiger partial charge is 0.456 e. The molecule has 9 rings (SSSR count). The Morgan fingerprint density at radius 3 is 1.33 bits per heavy atom. The molecule has 3 aromatic heterocycles. The summed E-state index contributed by atoms with van der Waals surface area (Å²) >= 11 is 3.34. The highest BCUT2D eigenvalue weighted by molar-refractivity contribution is 7.13. The van der Waals surface area contributed by atoms with Crippen LogP contribution in [0.1, 0.15) is 0 Å². The maximum absolute atomic E-state index is 6.42. The summed E-state index contributed by atoms with van der Waals surface area (Å²) < 4.78 is 6.42. The summed E-state index contributed by atoms with van der Waals surface area (Å²) in [6.07, 6.45) is 3.72. The van der Waals surface area contributed by atoms with Crippen LogP contribution in [0.2, 0.25) is 0 Å². The lowest BCUT2D eigenvalue weighted by atomic mass is 9.98. The molecule has 0 saturated carbocycles. The van der Waals surface area contributed by atoms with Crippen molar-refractivity contribution in [1.82, 2.24) is 9.97 Å². The maximum Gasteiger partial charge on any atom is 0.136 e. The highest BCUT2D eigenvalue weighted by atomic mass is 32.1. The molecule has 0 saturated heterocycles. The number of furan rings is 1. The van der Waals surface area contributed by atoms with Crippen LogP contribution in [0.15, 0.2) is 113 Å². The van der Waals surface area contributed by atoms with Gasteiger partial charge in [-0.2, -0.15) is 0 Å². The van der Waals surface area contributed by atoms with Gasteiger partial charge in [0, 0.05) is 45.1 Å². The second-order valence-corrected chi connectivity index (χ2v) is 11.8. The minimum Gasteiger partial charge on any atom is -0.456 e. The first-order valence-electron chi connectivity index (χ1n) is 12.8. The predicted octanol–water partition coefficient (Wildman–Crippen LogP) is 10.4. The second-order valence-electron chi connectivity index (χ2n) is 10.00. The van der Waals surface area contributed by atoms with Gasteiger partial charge in [-0.15, -0.1) is 22.7 Å². The zero-order chi connectivity index (χ0) is 25.5. The van der Waals surface area contributed by atoms with E-state index in [1.165, 1.54) is 43.1 Å². The standard InChI is InChI=1S/C34H18N2OS2/c1-3-21(33-35-5-7-38-33)11-23-13-25-15-29-30-16-26-14-24-12-22(34-36-6-8-39-34)4-2-20(24)10-28(26)18-32(30)37-31(29)17-27(25)9-19(1)23/h1-18H. The van der Waals surface area contributed by atoms with Crippen molar-refractivity contribution < 1.29 is 4.42 Å². The molecule has 182 valence electrons. The number of hydrogen-bond donors (Lipinski definition) is 0. The van der Waals surface area contributed by atoms with Crippen LogP contribution in [-0.4, -0.2) is 9.97 Å². The van der Waals surface area contributed by atoms with E-state index < -0.39 is 0 Å². The topological polar surface area (TPSA) is 38.9 Å². The average Bonchev–Trinajstić information content (AvgIpc) is 3.74. The first-order chi connectivity index (χ1) is 19.2. The van der Waals surface area contributed by atoms with Crippen molar-refractivity contribution in [3.05, 3.63) is 108 Å². The van der Waals surface area contributed by atoms with Gasteiger partial charge in [0.2, 0.25) is 0 Å². The van der Waals surface area contributed by atoms with Crippen LogP contribution in [0.3, 0.4) is 0 Å². The van der Waals surface area contributed by atoms with Crippen molar-refractivity contribution in [2.24, 2.45) is 0 Å². The number of aromatic nitrogens is 2. The number of thiazole rings is 2. The molecule has 0 spiro atoms. The van der Waals surface area contributed by atoms with E-state index in [2.05, 4.69) is 94.9 Å². The molecule has 0 fully saturated rings. The van der Waals surface area contributed by atoms with Gasteiger partial charge in [0.25, 0.3) is 0 Å². The summed E-state index contributed by atoms with van der Waals surface area (Å²) in [6.45, 7) is 0. The quantitative estimate of drug-likeness (QED) is 0.207. The average molecular weight is 535 g/mol. The van der Waals surface area contributed by atoms with Crippen LogP contribution >= 0.6 is 22.7 Å². The number of nitrogens with zero attached hydrogens (tertiary/aromatic N) is 2. The fraction of sp³-hybridized carbons (Fsp3) is 0. The molecule has 9 aromatic rings. The van der Waals surface area contributed by atoms with E-state index in [0.29, 0.717) is 0 Å². The molecule has 39 heavy (non-hydrogen) atoms. The minimum atomic E-state index is 0.919. The molecule has 6 aromatic carbocycles. The van der Waals surface area contributed by atoms with Gasteiger partial charge in [-0.25, -0.2) is 9.97 Å². The fourth-order valence-electron chi connectivity index (χ4n) is 5.76. The molecule has 0 aliphatic heterocycles. The molecule has 0 atom stereocenters. The molecule has 0 amide bonds. The van der Waals surface area contributed by atoms with E-state index in [1.54, 1.807) is 22.7 Å². The maximum atomic E-state index is 6.42. The molecule has 3 nitrogen and oxygen atoms in total. The van der Waals surface area contributed by atoms with E-state index in [1.807, 2.05) is 23.2 Å². The van der Waals surface area contributed by atoms with Crippen molar-refractivity contribution in [3.8, 4) is 21.1 Å². The summed E-state index contributed by atoms with van der Waals surface area (Å²) in [4.78, 5) is 8.98. The van der Waals surface area contributed by atoms with Crippen LogP contribution < -0.4 is 0 Å². The van der Waals surface area contributed by atoms with Crippen molar-refractivity contribution >= 4 is 87.7 Å². The molecule has 0 N–H and O–H groups in total. The van der Waals surface area contributed by atoms with Gasteiger partial charge < -0.3 is 4.42 Å². The molecule has 0 radical (unpaired) electrons. The third kappa shape index (κ3) is 3.34. The van der Waals surface area contributed by atoms with Gasteiger partial charge in [-0.3, -0.25) is 0 Å². The molecule has 3 heterocycles. The summed E-state index contributed by atoms with van der Waals surface area (Å²) in [5, 5.41) is 18.1. The monoisotopic (exact) mass is 534 g/mol. The second kappa shape index (κ2) is 7.96. The smallest absolute Gasteiger partial charge is 0.136 e. The molecular formula is C34H18N2OS2. The van der Waals surface area contributed by atoms with Crippen LogP contribution in [-0.2, 0) is 0 Å². The van der Waals surface area contributed by atoms with Crippen LogP contribution in [0.4, 0.5) is 0 Å². The van der Waals surface area contributed by atoms with E-state index in [9.17, 15) is 0 Å². The lowest BCUT2D eigenvalue weighted by Crippen LogP contribution is -1.81. The van der Waals surface area contributed by atoms with E-state index in [-0.39, 0.29) is 0 Å². The predicted molar refractivity (Wildman–Crippen MR) is 166 cm³/mol. The number of fused-ring (bicyclic) bond motifs is 7. The summed E-state index contributed by atoms with van der Waals surface area (Å²) in [6, 6.07) is 31.2. The Hall–Kier alpha value is -4.58. The number of rotatable bonds is 2. The molecule has 5 heteroatoms. The zero-order valence-electron chi connectivity index (χ0n) is 20.5. The molecule has 0 aliphatic rings. The Kier molecular flexibility index (Phi) is 4.36. The van der Waals surface area contributed by atoms with Crippen LogP contribution in [0.5, 0.6) is 0 Å². The highest BCUT2D eigenvalue weighted by Crippen LogP contribution is 2.38. The Morgan fingerprint density at radius 2 is 0.872 bits per heavy atom. The van der Waals surface area contributed by atoms with E-state index >= 15 is 0 Å². The van der Waals surface area contributed by atoms with Crippen molar-refractivity contribution in [2.75, 3.05) is 0 Å². The van der Waals surface area contributed by atoms with E-state index in [4.69, 9.17) is 4.42 Å². The first kappa shape index (κ1) is 21.4. The highest BCUT2D eigenvalue weighted by Gasteiger charge is 2.12. The summed E-state index contributed by atoms with van der Waals surface area (Å²) in [5.74, 6) is 0. The summed E-state index contributed by atoms with van der Waals surface area (Å²) in [7, 11) is 0. The van der Waals surface area contributed by atoms with Gasteiger partial charge in [0.1, 0.15) is 21.2 Å². The first-order valence-corrected chi connectivity index (χ1v) is 14.5. The SMILES string of the molecule is c1csc(-c2ccc3cc4cc5oc6cc7cc8ccc(-c9nccs9)cc8cc7cc6c5cc4cc3c2)n1. The lowest BCUT2D eigenvalue weighted by Gasteiger charge is -2.05. The Morgan fingerprint density at radius 1 is 0.436 bits per heavy atom. The van der Waals surface area contributed by atoms with Crippen molar-refractivity contribution in [3.63, 3.8) is 0 Å². The van der Waals surface area contributed by atoms with Crippen LogP contribution in [0, 0.1) is 0 Å². The third-order valence-corrected chi connectivity index (χ3v) is 9.30. The fourth-order valence-corrected chi connectivity index (χ4v) is 7.03. The van der Waals surface area contributed by atoms with Crippen molar-refractivity contribution in [1.29, 1.82) is 0 Å². The summed E-state index contributed by atoms with van der Waals surface area (Å²) in [5.41, 5.74) is 4.15. The Labute approximate surface area is 230 Å². The van der Waals surface area contributed by atoms with Gasteiger partial charge >= 0.3 is 0 Å². The van der Waals surface area contributed by atoms with Gasteiger partial charge in [-0.05, 0) is 104 Å². The number of hydrogen-bond acceptors (Lipinski definition) is 5. The van der Waals surface area contributed by atoms with Gasteiger partial charge in [-0.1, -0.05) is 24.3 Å².